The number of benzene rings is 2. The molecule has 0 spiro atoms. The van der Waals surface area contributed by atoms with Crippen LogP contribution in [0.5, 0.6) is 11.5 Å². The van der Waals surface area contributed by atoms with Crippen molar-refractivity contribution < 1.29 is 22.7 Å². The number of nitrogens with one attached hydrogen (secondary N) is 1. The lowest BCUT2D eigenvalue weighted by atomic mass is 10.0. The molecule has 2 heterocycles. The van der Waals surface area contributed by atoms with Gasteiger partial charge in [0.2, 0.25) is 0 Å². The minimum absolute atomic E-state index is 0.0114. The van der Waals surface area contributed by atoms with E-state index in [1.807, 2.05) is 11.0 Å². The first-order valence-corrected chi connectivity index (χ1v) is 12.9. The number of ether oxygens (including phenoxy) is 2. The highest BCUT2D eigenvalue weighted by Gasteiger charge is 2.32. The Morgan fingerprint density at radius 1 is 1.09 bits per heavy atom. The van der Waals surface area contributed by atoms with E-state index in [0.29, 0.717) is 53.9 Å². The van der Waals surface area contributed by atoms with Crippen LogP contribution in [0.1, 0.15) is 18.4 Å². The molecule has 10 heteroatoms. The molecular formula is C22H24Cl2N2O5S. The zero-order valence-corrected chi connectivity index (χ0v) is 19.6. The van der Waals surface area contributed by atoms with Crippen molar-refractivity contribution in [1.29, 1.82) is 0 Å². The van der Waals surface area contributed by atoms with Crippen LogP contribution in [0.2, 0.25) is 10.0 Å². The molecule has 32 heavy (non-hydrogen) atoms. The Hall–Kier alpha value is -2.00. The third-order valence-corrected chi connectivity index (χ3v) is 7.24. The Bertz CT molecular complexity index is 1070. The first kappa shape index (κ1) is 23.2. The molecule has 7 nitrogen and oxygen atoms in total. The van der Waals surface area contributed by atoms with E-state index in [-0.39, 0.29) is 17.8 Å². The van der Waals surface area contributed by atoms with Crippen molar-refractivity contribution in [3.05, 3.63) is 58.1 Å². The van der Waals surface area contributed by atoms with Gasteiger partial charge in [-0.2, -0.15) is 0 Å². The minimum Gasteiger partial charge on any atom is -0.480 e. The maximum atomic E-state index is 12.6. The molecule has 1 unspecified atom stereocenters. The summed E-state index contributed by atoms with van der Waals surface area (Å²) in [6.07, 6.45) is 1.27. The lowest BCUT2D eigenvalue weighted by Gasteiger charge is -2.32. The van der Waals surface area contributed by atoms with Gasteiger partial charge >= 0.3 is 0 Å². The van der Waals surface area contributed by atoms with Gasteiger partial charge in [-0.15, -0.1) is 0 Å². The topological polar surface area (TPSA) is 84.9 Å². The number of halogens is 2. The first-order valence-electron chi connectivity index (χ1n) is 10.3. The van der Waals surface area contributed by atoms with E-state index < -0.39 is 21.9 Å². The van der Waals surface area contributed by atoms with Crippen molar-refractivity contribution >= 4 is 38.9 Å². The molecule has 0 aromatic heterocycles. The molecule has 0 saturated carbocycles. The van der Waals surface area contributed by atoms with Crippen LogP contribution in [0.15, 0.2) is 42.5 Å². The Labute approximate surface area is 197 Å². The molecule has 1 saturated heterocycles. The lowest BCUT2D eigenvalue weighted by molar-refractivity contribution is -0.128. The van der Waals surface area contributed by atoms with E-state index in [1.165, 1.54) is 0 Å². The van der Waals surface area contributed by atoms with Crippen LogP contribution in [-0.2, 0) is 21.1 Å². The average molecular weight is 499 g/mol. The van der Waals surface area contributed by atoms with Crippen LogP contribution < -0.4 is 14.8 Å². The molecule has 0 bridgehead atoms. The molecule has 2 aliphatic heterocycles. The number of hydrogen-bond donors (Lipinski definition) is 1. The smallest absolute Gasteiger partial charge is 0.261 e. The molecule has 2 aromatic carbocycles. The second-order valence-electron chi connectivity index (χ2n) is 8.05. The third-order valence-electron chi connectivity index (χ3n) is 5.52. The molecule has 0 aliphatic carbocycles. The number of carbonyl (C=O) groups is 1. The van der Waals surface area contributed by atoms with Gasteiger partial charge in [0.05, 0.1) is 0 Å². The van der Waals surface area contributed by atoms with Crippen molar-refractivity contribution in [2.45, 2.75) is 31.4 Å². The number of amides is 1. The van der Waals surface area contributed by atoms with E-state index in [0.717, 1.165) is 5.56 Å². The molecule has 4 rings (SSSR count). The number of rotatable bonds is 7. The van der Waals surface area contributed by atoms with E-state index >= 15 is 0 Å². The largest absolute Gasteiger partial charge is 0.480 e. The fourth-order valence-electron chi connectivity index (χ4n) is 3.87. The monoisotopic (exact) mass is 498 g/mol. The zero-order chi connectivity index (χ0) is 22.7. The van der Waals surface area contributed by atoms with Crippen molar-refractivity contribution in [3.63, 3.8) is 0 Å². The molecule has 2 aliphatic rings. The van der Waals surface area contributed by atoms with Crippen LogP contribution in [0.3, 0.4) is 0 Å². The van der Waals surface area contributed by atoms with Crippen LogP contribution in [0.4, 0.5) is 0 Å². The van der Waals surface area contributed by atoms with E-state index in [9.17, 15) is 13.2 Å². The van der Waals surface area contributed by atoms with Crippen LogP contribution in [0, 0.1) is 0 Å². The summed E-state index contributed by atoms with van der Waals surface area (Å²) < 4.78 is 36.0. The average Bonchev–Trinajstić information content (AvgIpc) is 3.18. The Balaban J connectivity index is 1.20. The maximum absolute atomic E-state index is 12.6. The molecule has 172 valence electrons. The first-order chi connectivity index (χ1) is 15.3. The van der Waals surface area contributed by atoms with Gasteiger partial charge in [-0.1, -0.05) is 23.2 Å². The summed E-state index contributed by atoms with van der Waals surface area (Å²) in [7, 11) is -3.42. The van der Waals surface area contributed by atoms with Crippen molar-refractivity contribution in [2.24, 2.45) is 0 Å². The number of hydrogen-bond acceptors (Lipinski definition) is 6. The van der Waals surface area contributed by atoms with Crippen LogP contribution >= 0.6 is 23.2 Å². The molecule has 1 atom stereocenters. The zero-order valence-electron chi connectivity index (χ0n) is 17.3. The van der Waals surface area contributed by atoms with Gasteiger partial charge in [-0.3, -0.25) is 9.69 Å². The highest BCUT2D eigenvalue weighted by atomic mass is 35.5. The predicted molar refractivity (Wildman–Crippen MR) is 123 cm³/mol. The van der Waals surface area contributed by atoms with E-state index in [2.05, 4.69) is 5.32 Å². The maximum Gasteiger partial charge on any atom is 0.261 e. The van der Waals surface area contributed by atoms with Gasteiger partial charge in [0.15, 0.2) is 21.9 Å². The number of piperidine rings is 1. The summed E-state index contributed by atoms with van der Waals surface area (Å²) in [5.41, 5.74) is 0.929. The molecule has 2 aromatic rings. The highest BCUT2D eigenvalue weighted by Crippen LogP contribution is 2.31. The third kappa shape index (κ3) is 6.07. The van der Waals surface area contributed by atoms with Crippen molar-refractivity contribution in [1.82, 2.24) is 10.2 Å². The molecule has 0 radical (unpaired) electrons. The van der Waals surface area contributed by atoms with Gasteiger partial charge < -0.3 is 14.8 Å². The second kappa shape index (κ2) is 9.87. The summed E-state index contributed by atoms with van der Waals surface area (Å²) in [5.74, 6) is 0.519. The number of carbonyl (C=O) groups excluding carboxylic acids is 1. The van der Waals surface area contributed by atoms with Gasteiger partial charge in [0.1, 0.15) is 17.4 Å². The normalized spacial score (nSPS) is 19.2. The minimum atomic E-state index is -3.42. The number of likely N-dealkylation sites (tertiary alicyclic amines) is 1. The lowest BCUT2D eigenvalue weighted by Crippen LogP contribution is -2.49. The van der Waals surface area contributed by atoms with E-state index in [4.69, 9.17) is 32.7 Å². The van der Waals surface area contributed by atoms with Gasteiger partial charge in [-0.25, -0.2) is 8.42 Å². The van der Waals surface area contributed by atoms with Crippen molar-refractivity contribution in [2.75, 3.05) is 24.9 Å². The van der Waals surface area contributed by atoms with Gasteiger partial charge in [0, 0.05) is 35.6 Å². The quantitative estimate of drug-likeness (QED) is 0.630. The summed E-state index contributed by atoms with van der Waals surface area (Å²) in [6, 6.07) is 11.9. The Kier molecular flexibility index (Phi) is 7.14. The summed E-state index contributed by atoms with van der Waals surface area (Å²) in [4.78, 5) is 14.5. The predicted octanol–water partition coefficient (Wildman–Crippen LogP) is 3.29. The fraction of sp³-hybridized carbons (Fsp3) is 0.409. The molecular weight excluding hydrogens is 475 g/mol. The highest BCUT2D eigenvalue weighted by molar-refractivity contribution is 7.91. The molecule has 1 fully saturated rings. The molecule has 1 N–H and O–H groups in total. The second-order valence-corrected chi connectivity index (χ2v) is 10.9. The number of sulfone groups is 1. The van der Waals surface area contributed by atoms with Crippen LogP contribution in [0.25, 0.3) is 0 Å². The van der Waals surface area contributed by atoms with Gasteiger partial charge in [0.25, 0.3) is 5.91 Å². The van der Waals surface area contributed by atoms with Crippen LogP contribution in [-0.4, -0.2) is 56.3 Å². The standard InChI is InChI=1S/C22H24Cl2N2O5S/c23-16-1-4-19(5-2-16)30-14-32(28,29)13-26-9-7-18(8-10-26)25-22(27)21-12-15-11-17(24)3-6-20(15)31-21/h1-6,11,18,21H,7-10,12-14H2,(H,25,27). The van der Waals surface area contributed by atoms with Crippen molar-refractivity contribution in [3.8, 4) is 11.5 Å². The fourth-order valence-corrected chi connectivity index (χ4v) is 5.39. The molecule has 1 amide bonds. The van der Waals surface area contributed by atoms with Gasteiger partial charge in [-0.05, 0) is 60.9 Å². The number of fused-ring (bicyclic) bond motifs is 1. The summed E-state index contributed by atoms with van der Waals surface area (Å²) in [6.45, 7) is 1.15. The summed E-state index contributed by atoms with van der Waals surface area (Å²) in [5, 5.41) is 4.21. The Morgan fingerprint density at radius 3 is 2.50 bits per heavy atom. The Morgan fingerprint density at radius 2 is 1.78 bits per heavy atom. The SMILES string of the molecule is O=C(NC1CCN(CS(=O)(=O)COc2ccc(Cl)cc2)CC1)C1Cc2cc(Cl)ccc2O1. The van der Waals surface area contributed by atoms with E-state index in [1.54, 1.807) is 36.4 Å². The number of nitrogens with zero attached hydrogens (tertiary/aromatic N) is 1. The summed E-state index contributed by atoms with van der Waals surface area (Å²) >= 11 is 11.8.